The fraction of sp³-hybridized carbons (Fsp3) is 1.00. The van der Waals surface area contributed by atoms with Gasteiger partial charge in [0.2, 0.25) is 0 Å². The van der Waals surface area contributed by atoms with Crippen LogP contribution in [0, 0.1) is 0 Å². The van der Waals surface area contributed by atoms with Crippen LogP contribution in [0.2, 0.25) is 0 Å². The van der Waals surface area contributed by atoms with Crippen molar-refractivity contribution < 1.29 is 0 Å². The second-order valence-electron chi connectivity index (χ2n) is 1.84. The van der Waals surface area contributed by atoms with Crippen molar-refractivity contribution >= 4 is 36.2 Å². The van der Waals surface area contributed by atoms with E-state index < -0.39 is 0 Å². The monoisotopic (exact) mass is 166 g/mol. The Balaban J connectivity index is 2.22. The summed E-state index contributed by atoms with van der Waals surface area (Å²) >= 11 is 8.32. The molecule has 1 fully saturated rings. The van der Waals surface area contributed by atoms with Gasteiger partial charge in [0.25, 0.3) is 0 Å². The van der Waals surface area contributed by atoms with Crippen molar-refractivity contribution in [1.82, 2.24) is 0 Å². The maximum Gasteiger partial charge on any atom is 0.0478 e. The van der Waals surface area contributed by atoms with Gasteiger partial charge in [-0.05, 0) is 6.92 Å². The van der Waals surface area contributed by atoms with Crippen LogP contribution >= 0.6 is 36.2 Å². The van der Waals surface area contributed by atoms with Crippen molar-refractivity contribution in [3.05, 3.63) is 0 Å². The van der Waals surface area contributed by atoms with Gasteiger partial charge >= 0.3 is 0 Å². The zero-order valence-corrected chi connectivity index (χ0v) is 7.36. The van der Waals surface area contributed by atoms with Crippen LogP contribution in [-0.2, 0) is 0 Å². The van der Waals surface area contributed by atoms with Crippen molar-refractivity contribution in [2.24, 2.45) is 0 Å². The molecule has 3 heteroatoms. The second-order valence-corrected chi connectivity index (χ2v) is 5.52. The molecule has 1 aliphatic heterocycles. The highest BCUT2D eigenvalue weighted by atomic mass is 32.2. The minimum absolute atomic E-state index is 0.812. The molecule has 0 nitrogen and oxygen atoms in total. The molecule has 0 aliphatic carbocycles. The quantitative estimate of drug-likeness (QED) is 0.593. The number of thioether (sulfide) groups is 2. The Bertz CT molecular complexity index is 74.1. The van der Waals surface area contributed by atoms with Crippen LogP contribution < -0.4 is 0 Å². The Morgan fingerprint density at radius 3 is 2.75 bits per heavy atom. The number of hydrogen-bond donors (Lipinski definition) is 1. The molecule has 8 heavy (non-hydrogen) atoms. The third-order valence-corrected chi connectivity index (χ3v) is 4.91. The average Bonchev–Trinajstić information content (AvgIpc) is 2.14. The van der Waals surface area contributed by atoms with Gasteiger partial charge < -0.3 is 0 Å². The SMILES string of the molecule is CC1SCC(CS)S1. The molecule has 0 radical (unpaired) electrons. The van der Waals surface area contributed by atoms with E-state index >= 15 is 0 Å². The smallest absolute Gasteiger partial charge is 0.0478 e. The molecule has 0 amide bonds. The fourth-order valence-electron chi connectivity index (χ4n) is 0.688. The van der Waals surface area contributed by atoms with Crippen molar-refractivity contribution in [2.75, 3.05) is 11.5 Å². The highest BCUT2D eigenvalue weighted by Crippen LogP contribution is 2.37. The maximum atomic E-state index is 4.22. The van der Waals surface area contributed by atoms with Gasteiger partial charge in [-0.2, -0.15) is 12.6 Å². The van der Waals surface area contributed by atoms with Crippen LogP contribution in [0.4, 0.5) is 0 Å². The topological polar surface area (TPSA) is 0 Å². The highest BCUT2D eigenvalue weighted by molar-refractivity contribution is 8.20. The minimum Gasteiger partial charge on any atom is -0.178 e. The summed E-state index contributed by atoms with van der Waals surface area (Å²) in [6, 6.07) is 0. The lowest BCUT2D eigenvalue weighted by atomic mass is 10.6. The molecule has 0 aromatic carbocycles. The molecular formula is C5H10S3. The van der Waals surface area contributed by atoms with Gasteiger partial charge in [-0.1, -0.05) is 0 Å². The van der Waals surface area contributed by atoms with Crippen molar-refractivity contribution in [3.8, 4) is 0 Å². The summed E-state index contributed by atoms with van der Waals surface area (Å²) in [7, 11) is 0. The van der Waals surface area contributed by atoms with Gasteiger partial charge in [0, 0.05) is 21.3 Å². The van der Waals surface area contributed by atoms with Crippen LogP contribution in [0.1, 0.15) is 6.92 Å². The molecule has 48 valence electrons. The Hall–Kier alpha value is 1.05. The van der Waals surface area contributed by atoms with E-state index in [1.54, 1.807) is 0 Å². The molecule has 1 heterocycles. The fourth-order valence-corrected chi connectivity index (χ4v) is 4.05. The first-order chi connectivity index (χ1) is 3.83. The molecule has 1 aliphatic rings. The Morgan fingerprint density at radius 1 is 1.75 bits per heavy atom. The summed E-state index contributed by atoms with van der Waals surface area (Å²) in [6.45, 7) is 2.26. The molecule has 0 N–H and O–H groups in total. The van der Waals surface area contributed by atoms with Gasteiger partial charge in [-0.25, -0.2) is 0 Å². The van der Waals surface area contributed by atoms with E-state index in [4.69, 9.17) is 0 Å². The van der Waals surface area contributed by atoms with Crippen molar-refractivity contribution in [2.45, 2.75) is 16.8 Å². The van der Waals surface area contributed by atoms with Crippen LogP contribution in [0.3, 0.4) is 0 Å². The number of hydrogen-bond acceptors (Lipinski definition) is 3. The maximum absolute atomic E-state index is 4.22. The summed E-state index contributed by atoms with van der Waals surface area (Å²) in [5.74, 6) is 2.34. The van der Waals surface area contributed by atoms with Crippen molar-refractivity contribution in [3.63, 3.8) is 0 Å². The highest BCUT2D eigenvalue weighted by Gasteiger charge is 2.20. The molecule has 0 spiro atoms. The molecule has 0 aromatic heterocycles. The van der Waals surface area contributed by atoms with E-state index in [1.807, 2.05) is 11.8 Å². The predicted octanol–water partition coefficient (Wildman–Crippen LogP) is 2.11. The third kappa shape index (κ3) is 1.78. The first kappa shape index (κ1) is 7.16. The zero-order chi connectivity index (χ0) is 5.98. The molecule has 1 saturated heterocycles. The molecular weight excluding hydrogens is 156 g/mol. The standard InChI is InChI=1S/C5H10S3/c1-4-7-3-5(2-6)8-4/h4-6H,2-3H2,1H3. The normalized spacial score (nSPS) is 38.2. The first-order valence-electron chi connectivity index (χ1n) is 2.71. The molecule has 2 unspecified atom stereocenters. The van der Waals surface area contributed by atoms with Crippen LogP contribution in [0.25, 0.3) is 0 Å². The Morgan fingerprint density at radius 2 is 2.50 bits per heavy atom. The van der Waals surface area contributed by atoms with Gasteiger partial charge in [0.05, 0.1) is 0 Å². The van der Waals surface area contributed by atoms with Crippen LogP contribution in [0.15, 0.2) is 0 Å². The largest absolute Gasteiger partial charge is 0.178 e. The number of thiol groups is 1. The summed E-state index contributed by atoms with van der Waals surface area (Å²) in [5.41, 5.74) is 0. The summed E-state index contributed by atoms with van der Waals surface area (Å²) in [5, 5.41) is 0.818. The van der Waals surface area contributed by atoms with E-state index in [-0.39, 0.29) is 0 Å². The number of rotatable bonds is 1. The minimum atomic E-state index is 0.812. The van der Waals surface area contributed by atoms with Gasteiger partial charge in [-0.3, -0.25) is 0 Å². The molecule has 0 bridgehead atoms. The lowest BCUT2D eigenvalue weighted by molar-refractivity contribution is 1.17. The van der Waals surface area contributed by atoms with E-state index in [0.29, 0.717) is 0 Å². The second kappa shape index (κ2) is 3.28. The lowest BCUT2D eigenvalue weighted by Crippen LogP contribution is -2.01. The molecule has 2 atom stereocenters. The Kier molecular flexibility index (Phi) is 2.93. The Labute approximate surface area is 64.6 Å². The van der Waals surface area contributed by atoms with E-state index in [1.165, 1.54) is 5.75 Å². The van der Waals surface area contributed by atoms with E-state index in [9.17, 15) is 0 Å². The third-order valence-electron chi connectivity index (χ3n) is 1.10. The first-order valence-corrected chi connectivity index (χ1v) is 5.33. The summed E-state index contributed by atoms with van der Waals surface area (Å²) < 4.78 is 0.812. The zero-order valence-electron chi connectivity index (χ0n) is 4.83. The molecule has 0 saturated carbocycles. The van der Waals surface area contributed by atoms with Gasteiger partial charge in [-0.15, -0.1) is 23.5 Å². The van der Waals surface area contributed by atoms with Crippen LogP contribution in [0.5, 0.6) is 0 Å². The predicted molar refractivity (Wildman–Crippen MR) is 47.2 cm³/mol. The van der Waals surface area contributed by atoms with Crippen LogP contribution in [-0.4, -0.2) is 21.3 Å². The summed E-state index contributed by atoms with van der Waals surface area (Å²) in [6.07, 6.45) is 0. The van der Waals surface area contributed by atoms with Gasteiger partial charge in [0.15, 0.2) is 0 Å². The molecule has 0 aromatic rings. The van der Waals surface area contributed by atoms with Gasteiger partial charge in [0.1, 0.15) is 0 Å². The lowest BCUT2D eigenvalue weighted by Gasteiger charge is -2.00. The van der Waals surface area contributed by atoms with E-state index in [0.717, 1.165) is 15.6 Å². The van der Waals surface area contributed by atoms with E-state index in [2.05, 4.69) is 31.3 Å². The average molecular weight is 166 g/mol. The summed E-state index contributed by atoms with van der Waals surface area (Å²) in [4.78, 5) is 0. The van der Waals surface area contributed by atoms with Crippen molar-refractivity contribution in [1.29, 1.82) is 0 Å². The molecule has 1 rings (SSSR count).